The van der Waals surface area contributed by atoms with Crippen molar-refractivity contribution in [2.24, 2.45) is 5.92 Å². The third kappa shape index (κ3) is 4.98. The van der Waals surface area contributed by atoms with Crippen LogP contribution >= 0.6 is 0 Å². The number of H-pyrrole nitrogens is 1. The minimum absolute atomic E-state index is 0.0633. The van der Waals surface area contributed by atoms with Crippen LogP contribution in [0.5, 0.6) is 0 Å². The molecule has 1 aromatic heterocycles. The van der Waals surface area contributed by atoms with E-state index in [2.05, 4.69) is 4.98 Å². The maximum Gasteiger partial charge on any atom is 0.330 e. The van der Waals surface area contributed by atoms with E-state index in [9.17, 15) is 9.59 Å². The van der Waals surface area contributed by atoms with E-state index in [0.717, 1.165) is 23.2 Å². The average Bonchev–Trinajstić information content (AvgIpc) is 2.65. The van der Waals surface area contributed by atoms with Gasteiger partial charge in [0.05, 0.1) is 6.61 Å². The number of aromatic amines is 1. The number of hydrogen-bond donors (Lipinski definition) is 1. The third-order valence-corrected chi connectivity index (χ3v) is 5.46. The highest BCUT2D eigenvalue weighted by Gasteiger charge is 2.22. The van der Waals surface area contributed by atoms with Crippen LogP contribution in [0.4, 0.5) is 0 Å². The molecule has 0 atom stereocenters. The molecule has 0 saturated heterocycles. The molecule has 0 radical (unpaired) electrons. The van der Waals surface area contributed by atoms with Gasteiger partial charge < -0.3 is 4.74 Å². The molecular formula is C22H30N2O3. The zero-order valence-corrected chi connectivity index (χ0v) is 16.4. The van der Waals surface area contributed by atoms with Gasteiger partial charge in [-0.2, -0.15) is 0 Å². The van der Waals surface area contributed by atoms with Crippen molar-refractivity contribution in [2.75, 3.05) is 0 Å². The van der Waals surface area contributed by atoms with Crippen molar-refractivity contribution < 1.29 is 4.74 Å². The SMILES string of the molecule is CC(C)c1c(CC2CCCCC2)n(COCc2ccccc2)c(=O)[nH]c1=O. The van der Waals surface area contributed by atoms with Crippen LogP contribution in [-0.4, -0.2) is 9.55 Å². The van der Waals surface area contributed by atoms with Gasteiger partial charge in [-0.25, -0.2) is 4.79 Å². The number of rotatable bonds is 7. The van der Waals surface area contributed by atoms with Gasteiger partial charge in [0.15, 0.2) is 0 Å². The number of nitrogens with zero attached hydrogens (tertiary/aromatic N) is 1. The second-order valence-corrected chi connectivity index (χ2v) is 7.87. The van der Waals surface area contributed by atoms with Crippen LogP contribution in [-0.2, 0) is 24.5 Å². The Morgan fingerprint density at radius 1 is 1.11 bits per heavy atom. The first kappa shape index (κ1) is 19.6. The summed E-state index contributed by atoms with van der Waals surface area (Å²) in [5.41, 5.74) is 2.03. The van der Waals surface area contributed by atoms with Crippen molar-refractivity contribution in [2.45, 2.75) is 71.6 Å². The van der Waals surface area contributed by atoms with Crippen LogP contribution < -0.4 is 11.2 Å². The molecule has 1 heterocycles. The minimum Gasteiger partial charge on any atom is -0.356 e. The summed E-state index contributed by atoms with van der Waals surface area (Å²) in [5.74, 6) is 0.603. The lowest BCUT2D eigenvalue weighted by atomic mass is 9.84. The maximum absolute atomic E-state index is 12.5. The summed E-state index contributed by atoms with van der Waals surface area (Å²) in [5, 5.41) is 0. The summed E-state index contributed by atoms with van der Waals surface area (Å²) in [6.45, 7) is 4.61. The monoisotopic (exact) mass is 370 g/mol. The van der Waals surface area contributed by atoms with Gasteiger partial charge in [0.1, 0.15) is 6.73 Å². The second-order valence-electron chi connectivity index (χ2n) is 7.87. The summed E-state index contributed by atoms with van der Waals surface area (Å²) < 4.78 is 7.47. The number of ether oxygens (including phenoxy) is 1. The molecule has 146 valence electrons. The van der Waals surface area contributed by atoms with Gasteiger partial charge in [-0.3, -0.25) is 14.3 Å². The lowest BCUT2D eigenvalue weighted by Gasteiger charge is -2.25. The molecule has 1 aliphatic rings. The van der Waals surface area contributed by atoms with E-state index >= 15 is 0 Å². The van der Waals surface area contributed by atoms with Crippen LogP contribution in [0.25, 0.3) is 0 Å². The smallest absolute Gasteiger partial charge is 0.330 e. The third-order valence-electron chi connectivity index (χ3n) is 5.46. The van der Waals surface area contributed by atoms with Gasteiger partial charge in [-0.1, -0.05) is 76.3 Å². The summed E-state index contributed by atoms with van der Waals surface area (Å²) in [4.78, 5) is 27.5. The summed E-state index contributed by atoms with van der Waals surface area (Å²) in [7, 11) is 0. The molecular weight excluding hydrogens is 340 g/mol. The van der Waals surface area contributed by atoms with E-state index in [4.69, 9.17) is 4.74 Å². The quantitative estimate of drug-likeness (QED) is 0.802. The Hall–Kier alpha value is -2.14. The highest BCUT2D eigenvalue weighted by molar-refractivity contribution is 5.22. The van der Waals surface area contributed by atoms with E-state index in [1.54, 1.807) is 4.57 Å². The molecule has 1 N–H and O–H groups in total. The molecule has 1 saturated carbocycles. The first-order valence-corrected chi connectivity index (χ1v) is 10.0. The minimum atomic E-state index is -0.372. The average molecular weight is 370 g/mol. The number of benzene rings is 1. The lowest BCUT2D eigenvalue weighted by Crippen LogP contribution is -2.37. The predicted octanol–water partition coefficient (Wildman–Crippen LogP) is 3.96. The van der Waals surface area contributed by atoms with Gasteiger partial charge in [0.2, 0.25) is 0 Å². The van der Waals surface area contributed by atoms with Crippen molar-refractivity contribution in [3.8, 4) is 0 Å². The topological polar surface area (TPSA) is 64.1 Å². The molecule has 0 spiro atoms. The molecule has 0 unspecified atom stereocenters. The van der Waals surface area contributed by atoms with Gasteiger partial charge in [0, 0.05) is 11.3 Å². The molecule has 27 heavy (non-hydrogen) atoms. The van der Waals surface area contributed by atoms with Gasteiger partial charge in [0.25, 0.3) is 5.56 Å². The molecule has 1 aromatic carbocycles. The standard InChI is InChI=1S/C22H30N2O3/c1-16(2)20-19(13-17-9-5-3-6-10-17)24(22(26)23-21(20)25)15-27-14-18-11-7-4-8-12-18/h4,7-8,11-12,16-17H,3,5-6,9-10,13-15H2,1-2H3,(H,23,25,26). The highest BCUT2D eigenvalue weighted by atomic mass is 16.5. The molecule has 0 amide bonds. The van der Waals surface area contributed by atoms with Crippen LogP contribution in [0.15, 0.2) is 39.9 Å². The largest absolute Gasteiger partial charge is 0.356 e. The van der Waals surface area contributed by atoms with Gasteiger partial charge >= 0.3 is 5.69 Å². The molecule has 2 aromatic rings. The zero-order valence-electron chi connectivity index (χ0n) is 16.4. The van der Waals surface area contributed by atoms with E-state index in [1.807, 2.05) is 44.2 Å². The fraction of sp³-hybridized carbons (Fsp3) is 0.545. The Morgan fingerprint density at radius 2 is 1.81 bits per heavy atom. The second kappa shape index (κ2) is 9.18. The van der Waals surface area contributed by atoms with Crippen LogP contribution in [0.2, 0.25) is 0 Å². The van der Waals surface area contributed by atoms with Crippen LogP contribution in [0, 0.1) is 5.92 Å². The maximum atomic E-state index is 12.5. The Bertz CT molecular complexity index is 846. The predicted molar refractivity (Wildman–Crippen MR) is 107 cm³/mol. The molecule has 5 nitrogen and oxygen atoms in total. The molecule has 1 fully saturated rings. The summed E-state index contributed by atoms with van der Waals surface area (Å²) >= 11 is 0. The van der Waals surface area contributed by atoms with Crippen LogP contribution in [0.3, 0.4) is 0 Å². The Labute approximate surface area is 160 Å². The van der Waals surface area contributed by atoms with Gasteiger partial charge in [-0.15, -0.1) is 0 Å². The van der Waals surface area contributed by atoms with Crippen molar-refractivity contribution in [3.63, 3.8) is 0 Å². The van der Waals surface area contributed by atoms with Crippen molar-refractivity contribution in [1.82, 2.24) is 9.55 Å². The lowest BCUT2D eigenvalue weighted by molar-refractivity contribution is 0.0580. The fourth-order valence-corrected chi connectivity index (χ4v) is 4.08. The molecule has 5 heteroatoms. The normalized spacial score (nSPS) is 15.4. The van der Waals surface area contributed by atoms with Crippen molar-refractivity contribution in [1.29, 1.82) is 0 Å². The molecule has 0 aliphatic heterocycles. The van der Waals surface area contributed by atoms with E-state index < -0.39 is 0 Å². The van der Waals surface area contributed by atoms with E-state index in [-0.39, 0.29) is 23.9 Å². The Balaban J connectivity index is 1.86. The van der Waals surface area contributed by atoms with E-state index in [0.29, 0.717) is 12.5 Å². The van der Waals surface area contributed by atoms with Crippen molar-refractivity contribution in [3.05, 3.63) is 68.0 Å². The Morgan fingerprint density at radius 3 is 2.48 bits per heavy atom. The number of aromatic nitrogens is 2. The zero-order chi connectivity index (χ0) is 19.2. The van der Waals surface area contributed by atoms with Gasteiger partial charge in [-0.05, 0) is 23.8 Å². The Kier molecular flexibility index (Phi) is 6.67. The van der Waals surface area contributed by atoms with Crippen molar-refractivity contribution >= 4 is 0 Å². The molecule has 3 rings (SSSR count). The van der Waals surface area contributed by atoms with Crippen LogP contribution in [0.1, 0.15) is 68.7 Å². The number of hydrogen-bond acceptors (Lipinski definition) is 3. The fourth-order valence-electron chi connectivity index (χ4n) is 4.08. The number of nitrogens with one attached hydrogen (secondary N) is 1. The highest BCUT2D eigenvalue weighted by Crippen LogP contribution is 2.28. The first-order chi connectivity index (χ1) is 13.1. The summed E-state index contributed by atoms with van der Waals surface area (Å²) in [6.07, 6.45) is 6.88. The van der Waals surface area contributed by atoms with E-state index in [1.165, 1.54) is 32.1 Å². The molecule has 1 aliphatic carbocycles. The molecule has 0 bridgehead atoms. The first-order valence-electron chi connectivity index (χ1n) is 10.0. The summed E-state index contributed by atoms with van der Waals surface area (Å²) in [6, 6.07) is 9.90.